The molecule has 5 aliphatic rings. The number of rotatable bonds is 2. The van der Waals surface area contributed by atoms with E-state index in [9.17, 15) is 9.59 Å². The van der Waals surface area contributed by atoms with Gasteiger partial charge in [-0.05, 0) is 120 Å². The SMILES string of the molecule is CC1(C)CC[C@]2(C(N)=O)CC[C@]3(C)C(=CC[C@@H]4[C@@]5(C)C/C(=C/c6cccnc6)C(=O)C(C)(C)[C@@H]5CC[C@]43C)[C@@H]2C1. The van der Waals surface area contributed by atoms with E-state index in [1.807, 2.05) is 12.3 Å². The van der Waals surface area contributed by atoms with Crippen LogP contribution in [0.1, 0.15) is 112 Å². The third kappa shape index (κ3) is 3.59. The quantitative estimate of drug-likeness (QED) is 0.305. The minimum atomic E-state index is -0.394. The Kier molecular flexibility index (Phi) is 6.03. The normalized spacial score (nSPS) is 44.5. The molecule has 40 heavy (non-hydrogen) atoms. The maximum atomic E-state index is 14.0. The summed E-state index contributed by atoms with van der Waals surface area (Å²) in [7, 11) is 0. The van der Waals surface area contributed by atoms with Crippen molar-refractivity contribution in [2.75, 3.05) is 0 Å². The number of ketones is 1. The van der Waals surface area contributed by atoms with Gasteiger partial charge in [0.1, 0.15) is 0 Å². The first-order chi connectivity index (χ1) is 18.6. The van der Waals surface area contributed by atoms with Gasteiger partial charge in [0.15, 0.2) is 5.78 Å². The summed E-state index contributed by atoms with van der Waals surface area (Å²) in [6.07, 6.45) is 17.4. The van der Waals surface area contributed by atoms with Crippen LogP contribution >= 0.6 is 0 Å². The Morgan fingerprint density at radius 2 is 1.73 bits per heavy atom. The zero-order chi connectivity index (χ0) is 28.9. The Bertz CT molecular complexity index is 1310. The lowest BCUT2D eigenvalue weighted by Gasteiger charge is -2.70. The van der Waals surface area contributed by atoms with Gasteiger partial charge in [0.2, 0.25) is 5.91 Å². The third-order valence-corrected chi connectivity index (χ3v) is 13.7. The van der Waals surface area contributed by atoms with E-state index < -0.39 is 5.41 Å². The first-order valence-electron chi connectivity index (χ1n) is 15.8. The molecule has 4 fully saturated rings. The Hall–Kier alpha value is -2.23. The number of carbonyl (C=O) groups excluding carboxylic acids is 2. The lowest BCUT2D eigenvalue weighted by molar-refractivity contribution is -0.179. The number of nitrogens with zero attached hydrogens (tertiary/aromatic N) is 1. The Labute approximate surface area is 241 Å². The lowest BCUT2D eigenvalue weighted by atomic mass is 9.33. The molecule has 0 unspecified atom stereocenters. The Morgan fingerprint density at radius 3 is 2.40 bits per heavy atom. The number of hydrogen-bond donors (Lipinski definition) is 1. The zero-order valence-corrected chi connectivity index (χ0v) is 25.9. The van der Waals surface area contributed by atoms with Crippen LogP contribution in [0.25, 0.3) is 6.08 Å². The molecule has 0 bridgehead atoms. The van der Waals surface area contributed by atoms with Crippen LogP contribution < -0.4 is 5.73 Å². The summed E-state index contributed by atoms with van der Waals surface area (Å²) in [6, 6.07) is 4.00. The fourth-order valence-corrected chi connectivity index (χ4v) is 11.3. The van der Waals surface area contributed by atoms with Gasteiger partial charge in [0.05, 0.1) is 5.41 Å². The van der Waals surface area contributed by atoms with Crippen LogP contribution in [0, 0.1) is 50.2 Å². The number of pyridine rings is 1. The van der Waals surface area contributed by atoms with E-state index in [1.165, 1.54) is 0 Å². The van der Waals surface area contributed by atoms with Gasteiger partial charge in [-0.2, -0.15) is 0 Å². The molecule has 4 heteroatoms. The second kappa shape index (κ2) is 8.65. The molecule has 4 nitrogen and oxygen atoms in total. The summed E-state index contributed by atoms with van der Waals surface area (Å²) in [5, 5.41) is 0. The molecular formula is C36H50N2O2. The minimum absolute atomic E-state index is 0.0214. The van der Waals surface area contributed by atoms with Gasteiger partial charge in [-0.3, -0.25) is 14.6 Å². The average Bonchev–Trinajstić information content (AvgIpc) is 2.87. The largest absolute Gasteiger partial charge is 0.369 e. The Balaban J connectivity index is 1.45. The van der Waals surface area contributed by atoms with Crippen LogP contribution in [0.4, 0.5) is 0 Å². The minimum Gasteiger partial charge on any atom is -0.369 e. The molecule has 1 amide bonds. The molecule has 5 aliphatic carbocycles. The number of nitrogens with two attached hydrogens (primary N) is 1. The van der Waals surface area contributed by atoms with Crippen LogP contribution in [0.2, 0.25) is 0 Å². The highest BCUT2D eigenvalue weighted by molar-refractivity contribution is 6.04. The number of carbonyl (C=O) groups is 2. The molecule has 7 atom stereocenters. The fraction of sp³-hybridized carbons (Fsp3) is 0.694. The van der Waals surface area contributed by atoms with Crippen molar-refractivity contribution in [1.82, 2.24) is 4.98 Å². The van der Waals surface area contributed by atoms with Crippen molar-refractivity contribution in [3.05, 3.63) is 47.3 Å². The number of Topliss-reactive ketones (excluding diaryl/α,β-unsaturated/α-hetero) is 1. The second-order valence-corrected chi connectivity index (χ2v) is 16.4. The zero-order valence-electron chi connectivity index (χ0n) is 25.9. The smallest absolute Gasteiger partial charge is 0.224 e. The molecule has 216 valence electrons. The highest BCUT2D eigenvalue weighted by Crippen LogP contribution is 2.75. The van der Waals surface area contributed by atoms with Crippen molar-refractivity contribution in [3.8, 4) is 0 Å². The predicted molar refractivity (Wildman–Crippen MR) is 161 cm³/mol. The fourth-order valence-electron chi connectivity index (χ4n) is 11.3. The summed E-state index contributed by atoms with van der Waals surface area (Å²) in [6.45, 7) is 16.8. The molecule has 0 spiro atoms. The first kappa shape index (κ1) is 27.9. The number of primary amides is 1. The van der Waals surface area contributed by atoms with Gasteiger partial charge in [0.25, 0.3) is 0 Å². The molecule has 0 aliphatic heterocycles. The van der Waals surface area contributed by atoms with E-state index >= 15 is 0 Å². The molecule has 0 radical (unpaired) electrons. The van der Waals surface area contributed by atoms with Crippen molar-refractivity contribution in [3.63, 3.8) is 0 Å². The van der Waals surface area contributed by atoms with Crippen molar-refractivity contribution in [1.29, 1.82) is 0 Å². The van der Waals surface area contributed by atoms with Gasteiger partial charge >= 0.3 is 0 Å². The summed E-state index contributed by atoms with van der Waals surface area (Å²) in [4.78, 5) is 31.4. The van der Waals surface area contributed by atoms with Crippen LogP contribution in [-0.4, -0.2) is 16.7 Å². The number of fused-ring (bicyclic) bond motifs is 7. The molecule has 6 rings (SSSR count). The van der Waals surface area contributed by atoms with Crippen LogP contribution in [0.3, 0.4) is 0 Å². The number of aromatic nitrogens is 1. The van der Waals surface area contributed by atoms with Gasteiger partial charge < -0.3 is 5.73 Å². The maximum Gasteiger partial charge on any atom is 0.224 e. The van der Waals surface area contributed by atoms with E-state index in [0.717, 1.165) is 68.9 Å². The van der Waals surface area contributed by atoms with E-state index in [1.54, 1.807) is 11.8 Å². The highest BCUT2D eigenvalue weighted by atomic mass is 16.1. The lowest BCUT2D eigenvalue weighted by Crippen LogP contribution is -2.65. The van der Waals surface area contributed by atoms with Crippen LogP contribution in [-0.2, 0) is 9.59 Å². The predicted octanol–water partition coefficient (Wildman–Crippen LogP) is 7.93. The molecule has 1 aromatic heterocycles. The molecular weight excluding hydrogens is 492 g/mol. The molecule has 1 heterocycles. The number of allylic oxidation sites excluding steroid dienone is 3. The second-order valence-electron chi connectivity index (χ2n) is 16.4. The summed E-state index contributed by atoms with van der Waals surface area (Å²) in [5.74, 6) is 1.33. The molecule has 0 aromatic carbocycles. The Morgan fingerprint density at radius 1 is 1.00 bits per heavy atom. The molecule has 1 aromatic rings. The van der Waals surface area contributed by atoms with Gasteiger partial charge in [-0.25, -0.2) is 0 Å². The van der Waals surface area contributed by atoms with E-state index in [-0.39, 0.29) is 38.9 Å². The van der Waals surface area contributed by atoms with E-state index in [0.29, 0.717) is 17.6 Å². The monoisotopic (exact) mass is 542 g/mol. The van der Waals surface area contributed by atoms with Crippen molar-refractivity contribution in [2.24, 2.45) is 56.0 Å². The number of amides is 1. The van der Waals surface area contributed by atoms with E-state index in [4.69, 9.17) is 5.73 Å². The maximum absolute atomic E-state index is 14.0. The third-order valence-electron chi connectivity index (χ3n) is 13.7. The van der Waals surface area contributed by atoms with E-state index in [2.05, 4.69) is 71.7 Å². The highest BCUT2D eigenvalue weighted by Gasteiger charge is 2.69. The topological polar surface area (TPSA) is 73.1 Å². The molecule has 2 N–H and O–H groups in total. The average molecular weight is 543 g/mol. The van der Waals surface area contributed by atoms with Crippen molar-refractivity contribution < 1.29 is 9.59 Å². The molecule has 4 saturated carbocycles. The van der Waals surface area contributed by atoms with Gasteiger partial charge in [-0.1, -0.05) is 66.2 Å². The van der Waals surface area contributed by atoms with Crippen molar-refractivity contribution >= 4 is 17.8 Å². The van der Waals surface area contributed by atoms with Crippen molar-refractivity contribution in [2.45, 2.75) is 106 Å². The van der Waals surface area contributed by atoms with Crippen LogP contribution in [0.15, 0.2) is 41.7 Å². The molecule has 0 saturated heterocycles. The summed E-state index contributed by atoms with van der Waals surface area (Å²) >= 11 is 0. The summed E-state index contributed by atoms with van der Waals surface area (Å²) in [5.41, 5.74) is 9.39. The standard InChI is InChI=1S/C36H50N2O2/c1-31(2)14-16-36(30(37)40)17-15-34(6)25(26(36)21-31)10-11-28-33(5)20-24(19-23-9-8-18-38-22-23)29(39)32(3,4)27(33)12-13-35(28,34)7/h8-10,18-19,22,26-28H,11-17,20-21H2,1-7H3,(H2,37,40)/b24-19-/t26-,27-,28+,33-,34+,35+,36-/m0/s1. The van der Waals surface area contributed by atoms with Gasteiger partial charge in [0, 0.05) is 17.8 Å². The number of hydrogen-bond acceptors (Lipinski definition) is 3. The van der Waals surface area contributed by atoms with Crippen LogP contribution in [0.5, 0.6) is 0 Å². The first-order valence-corrected chi connectivity index (χ1v) is 15.8. The van der Waals surface area contributed by atoms with Gasteiger partial charge in [-0.15, -0.1) is 0 Å². The summed E-state index contributed by atoms with van der Waals surface area (Å²) < 4.78 is 0.